The van der Waals surface area contributed by atoms with Gasteiger partial charge in [0.05, 0.1) is 0 Å². The Hall–Kier alpha value is -0.510. The van der Waals surface area contributed by atoms with E-state index in [2.05, 4.69) is 0 Å². The summed E-state index contributed by atoms with van der Waals surface area (Å²) in [5.74, 6) is -0.949. The van der Waals surface area contributed by atoms with Crippen molar-refractivity contribution in [3.63, 3.8) is 0 Å². The second kappa shape index (κ2) is 3.50. The van der Waals surface area contributed by atoms with Gasteiger partial charge in [-0.2, -0.15) is 0 Å². The average molecular weight is 148 g/mol. The summed E-state index contributed by atoms with van der Waals surface area (Å²) >= 11 is 0.824. The summed E-state index contributed by atoms with van der Waals surface area (Å²) in [6.07, 6.45) is 0. The highest BCUT2D eigenvalue weighted by atomic mass is 32.2. The Balaban J connectivity index is 3.63. The van der Waals surface area contributed by atoms with Crippen LogP contribution in [0.5, 0.6) is 0 Å². The lowest BCUT2D eigenvalue weighted by atomic mass is 10.5. The molecule has 0 saturated heterocycles. The minimum atomic E-state index is -0.949. The summed E-state index contributed by atoms with van der Waals surface area (Å²) in [5, 5.41) is 7.47. The van der Waals surface area contributed by atoms with Crippen LogP contribution in [0, 0.1) is 0 Å². The van der Waals surface area contributed by atoms with Gasteiger partial charge in [0.2, 0.25) is 0 Å². The molecule has 9 heavy (non-hydrogen) atoms. The molecule has 0 aromatic rings. The van der Waals surface area contributed by atoms with E-state index in [9.17, 15) is 9.59 Å². The number of hydrogen-bond acceptors (Lipinski definition) is 3. The van der Waals surface area contributed by atoms with Gasteiger partial charge < -0.3 is 5.11 Å². The molecule has 52 valence electrons. The fourth-order valence-electron chi connectivity index (χ4n) is 0.299. The molecule has 0 radical (unpaired) electrons. The third-order valence-corrected chi connectivity index (χ3v) is 1.58. The van der Waals surface area contributed by atoms with Crippen molar-refractivity contribution in [3.8, 4) is 0 Å². The molecular formula is C5H8O3S. The molecule has 0 aliphatic rings. The number of aliphatic carboxylic acids is 1. The molecule has 0 fully saturated rings. The Morgan fingerprint density at radius 1 is 1.56 bits per heavy atom. The molecule has 1 atom stereocenters. The highest BCUT2D eigenvalue weighted by molar-refractivity contribution is 8.14. The van der Waals surface area contributed by atoms with Gasteiger partial charge in [0.15, 0.2) is 5.12 Å². The Labute approximate surface area is 57.4 Å². The standard InChI is InChI=1S/C5H8O3S/c1-3(5(7)8)9-4(2)6/h3H,1-2H3,(H,7,8)/t3-/m1/s1. The van der Waals surface area contributed by atoms with Gasteiger partial charge >= 0.3 is 5.97 Å². The third kappa shape index (κ3) is 4.02. The van der Waals surface area contributed by atoms with Gasteiger partial charge in [0.25, 0.3) is 0 Å². The van der Waals surface area contributed by atoms with Crippen molar-refractivity contribution in [2.75, 3.05) is 0 Å². The SMILES string of the molecule is CC(=O)S[C@H](C)C(=O)O. The van der Waals surface area contributed by atoms with Crippen molar-refractivity contribution < 1.29 is 14.7 Å². The number of rotatable bonds is 2. The highest BCUT2D eigenvalue weighted by Crippen LogP contribution is 2.09. The average Bonchev–Trinajstić information content (AvgIpc) is 1.63. The van der Waals surface area contributed by atoms with Gasteiger partial charge in [-0.05, 0) is 6.92 Å². The zero-order valence-electron chi connectivity index (χ0n) is 5.25. The van der Waals surface area contributed by atoms with Gasteiger partial charge in [-0.3, -0.25) is 9.59 Å². The molecule has 0 spiro atoms. The first-order valence-electron chi connectivity index (χ1n) is 2.44. The van der Waals surface area contributed by atoms with E-state index in [1.54, 1.807) is 0 Å². The van der Waals surface area contributed by atoms with E-state index in [1.807, 2.05) is 0 Å². The second-order valence-corrected chi connectivity index (χ2v) is 3.11. The number of carbonyl (C=O) groups excluding carboxylic acids is 1. The van der Waals surface area contributed by atoms with Gasteiger partial charge in [-0.25, -0.2) is 0 Å². The molecule has 0 unspecified atom stereocenters. The van der Waals surface area contributed by atoms with Crippen molar-refractivity contribution in [1.82, 2.24) is 0 Å². The zero-order valence-corrected chi connectivity index (χ0v) is 6.07. The largest absolute Gasteiger partial charge is 0.480 e. The molecule has 0 heterocycles. The fourth-order valence-corrected chi connectivity index (χ4v) is 0.898. The van der Waals surface area contributed by atoms with E-state index < -0.39 is 11.2 Å². The first-order valence-corrected chi connectivity index (χ1v) is 3.32. The molecule has 0 amide bonds. The minimum absolute atomic E-state index is 0.162. The van der Waals surface area contributed by atoms with Crippen LogP contribution in [0.3, 0.4) is 0 Å². The van der Waals surface area contributed by atoms with Crippen LogP contribution in [-0.2, 0) is 9.59 Å². The lowest BCUT2D eigenvalue weighted by Crippen LogP contribution is -2.12. The van der Waals surface area contributed by atoms with Crippen LogP contribution in [0.15, 0.2) is 0 Å². The zero-order chi connectivity index (χ0) is 7.44. The Bertz CT molecular complexity index is 132. The van der Waals surface area contributed by atoms with Crippen molar-refractivity contribution >= 4 is 22.8 Å². The molecule has 0 aliphatic carbocycles. The van der Waals surface area contributed by atoms with Gasteiger partial charge in [0, 0.05) is 6.92 Å². The number of carbonyl (C=O) groups is 2. The first kappa shape index (κ1) is 8.49. The summed E-state index contributed by atoms with van der Waals surface area (Å²) in [5.41, 5.74) is 0. The predicted octanol–water partition coefficient (Wildman–Crippen LogP) is 0.739. The second-order valence-electron chi connectivity index (χ2n) is 1.59. The van der Waals surface area contributed by atoms with E-state index in [0.29, 0.717) is 0 Å². The molecule has 1 N–H and O–H groups in total. The molecule has 0 saturated carbocycles. The molecule has 3 nitrogen and oxygen atoms in total. The maximum absolute atomic E-state index is 10.3. The summed E-state index contributed by atoms with van der Waals surface area (Å²) in [6.45, 7) is 2.83. The van der Waals surface area contributed by atoms with E-state index in [4.69, 9.17) is 5.11 Å². The predicted molar refractivity (Wildman–Crippen MR) is 35.4 cm³/mol. The Kier molecular flexibility index (Phi) is 3.30. The van der Waals surface area contributed by atoms with E-state index in [0.717, 1.165) is 11.8 Å². The Morgan fingerprint density at radius 3 is 2.11 bits per heavy atom. The van der Waals surface area contributed by atoms with Crippen LogP contribution in [0.4, 0.5) is 0 Å². The topological polar surface area (TPSA) is 54.4 Å². The summed E-state index contributed by atoms with van der Waals surface area (Å²) in [4.78, 5) is 20.3. The minimum Gasteiger partial charge on any atom is -0.480 e. The molecule has 0 rings (SSSR count). The number of thioether (sulfide) groups is 1. The van der Waals surface area contributed by atoms with Crippen molar-refractivity contribution in [3.05, 3.63) is 0 Å². The first-order chi connectivity index (χ1) is 4.04. The molecule has 0 bridgehead atoms. The smallest absolute Gasteiger partial charge is 0.316 e. The van der Waals surface area contributed by atoms with E-state index in [1.165, 1.54) is 13.8 Å². The summed E-state index contributed by atoms with van der Waals surface area (Å²) in [7, 11) is 0. The van der Waals surface area contributed by atoms with Crippen LogP contribution in [0.1, 0.15) is 13.8 Å². The van der Waals surface area contributed by atoms with Crippen LogP contribution < -0.4 is 0 Å². The normalized spacial score (nSPS) is 12.7. The summed E-state index contributed by atoms with van der Waals surface area (Å²) < 4.78 is 0. The quantitative estimate of drug-likeness (QED) is 0.627. The maximum atomic E-state index is 10.3. The van der Waals surface area contributed by atoms with E-state index in [-0.39, 0.29) is 5.12 Å². The molecule has 0 aromatic heterocycles. The van der Waals surface area contributed by atoms with Crippen LogP contribution in [-0.4, -0.2) is 21.4 Å². The van der Waals surface area contributed by atoms with Crippen LogP contribution in [0.2, 0.25) is 0 Å². The fraction of sp³-hybridized carbons (Fsp3) is 0.600. The third-order valence-electron chi connectivity index (χ3n) is 0.691. The Morgan fingerprint density at radius 2 is 2.00 bits per heavy atom. The lowest BCUT2D eigenvalue weighted by Gasteiger charge is -1.99. The lowest BCUT2D eigenvalue weighted by molar-refractivity contribution is -0.136. The molecule has 0 aliphatic heterocycles. The number of carboxylic acid groups (broad SMARTS) is 1. The number of carboxylic acids is 1. The number of hydrogen-bond donors (Lipinski definition) is 1. The van der Waals surface area contributed by atoms with Gasteiger partial charge in [-0.1, -0.05) is 11.8 Å². The van der Waals surface area contributed by atoms with Crippen molar-refractivity contribution in [1.29, 1.82) is 0 Å². The maximum Gasteiger partial charge on any atom is 0.316 e. The van der Waals surface area contributed by atoms with Gasteiger partial charge in [0.1, 0.15) is 5.25 Å². The molecular weight excluding hydrogens is 140 g/mol. The van der Waals surface area contributed by atoms with Gasteiger partial charge in [-0.15, -0.1) is 0 Å². The van der Waals surface area contributed by atoms with Crippen molar-refractivity contribution in [2.24, 2.45) is 0 Å². The van der Waals surface area contributed by atoms with Crippen LogP contribution >= 0.6 is 11.8 Å². The van der Waals surface area contributed by atoms with E-state index >= 15 is 0 Å². The van der Waals surface area contributed by atoms with Crippen molar-refractivity contribution in [2.45, 2.75) is 19.1 Å². The summed E-state index contributed by atoms with van der Waals surface area (Å²) in [6, 6.07) is 0. The molecule has 4 heteroatoms. The molecule has 0 aromatic carbocycles. The highest BCUT2D eigenvalue weighted by Gasteiger charge is 2.12. The monoisotopic (exact) mass is 148 g/mol. The van der Waals surface area contributed by atoms with Crippen LogP contribution in [0.25, 0.3) is 0 Å².